The molecular weight excluding hydrogens is 208 g/mol. The first-order chi connectivity index (χ1) is 8.22. The lowest BCUT2D eigenvalue weighted by atomic mass is 10.1. The lowest BCUT2D eigenvalue weighted by Crippen LogP contribution is -2.24. The van der Waals surface area contributed by atoms with E-state index in [-0.39, 0.29) is 0 Å². The number of para-hydroxylation sites is 1. The molecule has 0 radical (unpaired) electrons. The number of fused-ring (bicyclic) bond motifs is 1. The van der Waals surface area contributed by atoms with Crippen LogP contribution in [0.15, 0.2) is 24.4 Å². The molecule has 0 atom stereocenters. The second-order valence-corrected chi connectivity index (χ2v) is 4.87. The number of benzene rings is 1. The van der Waals surface area contributed by atoms with Gasteiger partial charge in [0.25, 0.3) is 0 Å². The Hall–Kier alpha value is -1.28. The molecule has 92 valence electrons. The molecule has 0 unspecified atom stereocenters. The van der Waals surface area contributed by atoms with E-state index in [1.54, 1.807) is 0 Å². The van der Waals surface area contributed by atoms with Gasteiger partial charge in [-0.25, -0.2) is 0 Å². The molecule has 1 aromatic carbocycles. The van der Waals surface area contributed by atoms with E-state index in [0.29, 0.717) is 6.04 Å². The van der Waals surface area contributed by atoms with Crippen molar-refractivity contribution < 1.29 is 0 Å². The molecule has 0 aliphatic heterocycles. The van der Waals surface area contributed by atoms with Gasteiger partial charge in [-0.3, -0.25) is 0 Å². The Labute approximate surface area is 103 Å². The summed E-state index contributed by atoms with van der Waals surface area (Å²) in [5.41, 5.74) is 4.14. The van der Waals surface area contributed by atoms with Crippen LogP contribution in [0.2, 0.25) is 0 Å². The van der Waals surface area contributed by atoms with E-state index in [1.807, 2.05) is 0 Å². The SMILES string of the molecule is CCc1cccc2c(CCNC(C)C)c[nH]c12. The van der Waals surface area contributed by atoms with E-state index in [2.05, 4.69) is 55.5 Å². The van der Waals surface area contributed by atoms with Crippen molar-refractivity contribution in [2.75, 3.05) is 6.54 Å². The normalized spacial score (nSPS) is 11.5. The first kappa shape index (κ1) is 12.2. The van der Waals surface area contributed by atoms with E-state index in [1.165, 1.54) is 22.0 Å². The second kappa shape index (κ2) is 5.37. The summed E-state index contributed by atoms with van der Waals surface area (Å²) >= 11 is 0. The topological polar surface area (TPSA) is 27.8 Å². The van der Waals surface area contributed by atoms with Crippen LogP contribution >= 0.6 is 0 Å². The minimum Gasteiger partial charge on any atom is -0.361 e. The lowest BCUT2D eigenvalue weighted by molar-refractivity contribution is 0.591. The molecule has 1 aromatic heterocycles. The third kappa shape index (κ3) is 2.70. The highest BCUT2D eigenvalue weighted by atomic mass is 14.9. The number of H-pyrrole nitrogens is 1. The van der Waals surface area contributed by atoms with Gasteiger partial charge in [0, 0.05) is 23.1 Å². The van der Waals surface area contributed by atoms with Crippen LogP contribution in [0.3, 0.4) is 0 Å². The van der Waals surface area contributed by atoms with Crippen LogP contribution in [-0.4, -0.2) is 17.6 Å². The van der Waals surface area contributed by atoms with Gasteiger partial charge in [0.05, 0.1) is 0 Å². The fraction of sp³-hybridized carbons (Fsp3) is 0.467. The Morgan fingerprint density at radius 2 is 2.06 bits per heavy atom. The molecule has 17 heavy (non-hydrogen) atoms. The maximum atomic E-state index is 3.46. The van der Waals surface area contributed by atoms with Crippen molar-refractivity contribution in [3.05, 3.63) is 35.5 Å². The van der Waals surface area contributed by atoms with Gasteiger partial charge in [-0.1, -0.05) is 39.0 Å². The predicted molar refractivity (Wildman–Crippen MR) is 74.5 cm³/mol. The van der Waals surface area contributed by atoms with Gasteiger partial charge in [-0.2, -0.15) is 0 Å². The molecule has 0 bridgehead atoms. The van der Waals surface area contributed by atoms with Gasteiger partial charge in [0.2, 0.25) is 0 Å². The standard InChI is InChI=1S/C15H22N2/c1-4-12-6-5-7-14-13(10-17-15(12)14)8-9-16-11(2)3/h5-7,10-11,16-17H,4,8-9H2,1-3H3. The Kier molecular flexibility index (Phi) is 3.85. The highest BCUT2D eigenvalue weighted by molar-refractivity contribution is 5.86. The quantitative estimate of drug-likeness (QED) is 0.810. The van der Waals surface area contributed by atoms with Crippen molar-refractivity contribution >= 4 is 10.9 Å². The fourth-order valence-corrected chi connectivity index (χ4v) is 2.27. The molecule has 0 aliphatic rings. The minimum atomic E-state index is 0.561. The average molecular weight is 230 g/mol. The highest BCUT2D eigenvalue weighted by Gasteiger charge is 2.06. The summed E-state index contributed by atoms with van der Waals surface area (Å²) < 4.78 is 0. The van der Waals surface area contributed by atoms with E-state index in [0.717, 1.165) is 19.4 Å². The van der Waals surface area contributed by atoms with E-state index >= 15 is 0 Å². The van der Waals surface area contributed by atoms with E-state index in [4.69, 9.17) is 0 Å². The molecule has 0 aliphatic carbocycles. The summed E-state index contributed by atoms with van der Waals surface area (Å²) in [4.78, 5) is 3.42. The molecule has 2 aromatic rings. The Balaban J connectivity index is 2.18. The molecule has 2 nitrogen and oxygen atoms in total. The van der Waals surface area contributed by atoms with Crippen LogP contribution in [0.1, 0.15) is 31.9 Å². The Morgan fingerprint density at radius 3 is 2.76 bits per heavy atom. The first-order valence-electron chi connectivity index (χ1n) is 6.53. The van der Waals surface area contributed by atoms with Crippen LogP contribution in [0.25, 0.3) is 10.9 Å². The van der Waals surface area contributed by atoms with Gasteiger partial charge in [0.15, 0.2) is 0 Å². The summed E-state index contributed by atoms with van der Waals surface area (Å²) in [5, 5.41) is 4.85. The predicted octanol–water partition coefficient (Wildman–Crippen LogP) is 3.27. The molecule has 0 saturated heterocycles. The summed E-state index contributed by atoms with van der Waals surface area (Å²) in [6.07, 6.45) is 4.33. The number of nitrogens with one attached hydrogen (secondary N) is 2. The molecule has 2 heteroatoms. The molecule has 2 N–H and O–H groups in total. The molecule has 0 fully saturated rings. The van der Waals surface area contributed by atoms with Crippen molar-refractivity contribution in [2.24, 2.45) is 0 Å². The number of aromatic amines is 1. The maximum Gasteiger partial charge on any atom is 0.0489 e. The summed E-state index contributed by atoms with van der Waals surface area (Å²) in [6, 6.07) is 7.14. The van der Waals surface area contributed by atoms with E-state index in [9.17, 15) is 0 Å². The van der Waals surface area contributed by atoms with Crippen molar-refractivity contribution in [2.45, 2.75) is 39.7 Å². The van der Waals surface area contributed by atoms with Gasteiger partial charge in [0.1, 0.15) is 0 Å². The smallest absolute Gasteiger partial charge is 0.0489 e. The number of hydrogen-bond donors (Lipinski definition) is 2. The van der Waals surface area contributed by atoms with Crippen LogP contribution < -0.4 is 5.32 Å². The number of aromatic nitrogens is 1. The Morgan fingerprint density at radius 1 is 1.24 bits per heavy atom. The van der Waals surface area contributed by atoms with E-state index < -0.39 is 0 Å². The van der Waals surface area contributed by atoms with Crippen molar-refractivity contribution in [3.8, 4) is 0 Å². The molecular formula is C15H22N2. The summed E-state index contributed by atoms with van der Waals surface area (Å²) in [6.45, 7) is 7.62. The van der Waals surface area contributed by atoms with Crippen LogP contribution in [0, 0.1) is 0 Å². The molecule has 1 heterocycles. The van der Waals surface area contributed by atoms with Gasteiger partial charge in [-0.05, 0) is 30.5 Å². The number of rotatable bonds is 5. The van der Waals surface area contributed by atoms with Crippen molar-refractivity contribution in [3.63, 3.8) is 0 Å². The zero-order valence-corrected chi connectivity index (χ0v) is 11.0. The number of hydrogen-bond acceptors (Lipinski definition) is 1. The molecule has 2 rings (SSSR count). The zero-order valence-electron chi connectivity index (χ0n) is 11.0. The third-order valence-corrected chi connectivity index (χ3v) is 3.22. The fourth-order valence-electron chi connectivity index (χ4n) is 2.27. The van der Waals surface area contributed by atoms with Crippen molar-refractivity contribution in [1.82, 2.24) is 10.3 Å². The summed E-state index contributed by atoms with van der Waals surface area (Å²) in [7, 11) is 0. The van der Waals surface area contributed by atoms with Gasteiger partial charge >= 0.3 is 0 Å². The lowest BCUT2D eigenvalue weighted by Gasteiger charge is -2.07. The summed E-state index contributed by atoms with van der Waals surface area (Å²) in [5.74, 6) is 0. The molecule has 0 amide bonds. The largest absolute Gasteiger partial charge is 0.361 e. The van der Waals surface area contributed by atoms with Crippen LogP contribution in [-0.2, 0) is 12.8 Å². The van der Waals surface area contributed by atoms with Gasteiger partial charge in [-0.15, -0.1) is 0 Å². The monoisotopic (exact) mass is 230 g/mol. The molecule has 0 spiro atoms. The zero-order chi connectivity index (χ0) is 12.3. The average Bonchev–Trinajstić information content (AvgIpc) is 2.72. The van der Waals surface area contributed by atoms with Crippen LogP contribution in [0.4, 0.5) is 0 Å². The Bertz CT molecular complexity index is 483. The third-order valence-electron chi connectivity index (χ3n) is 3.22. The minimum absolute atomic E-state index is 0.561. The van der Waals surface area contributed by atoms with Crippen molar-refractivity contribution in [1.29, 1.82) is 0 Å². The van der Waals surface area contributed by atoms with Gasteiger partial charge < -0.3 is 10.3 Å². The number of aryl methyl sites for hydroxylation is 1. The first-order valence-corrected chi connectivity index (χ1v) is 6.53. The van der Waals surface area contributed by atoms with Crippen LogP contribution in [0.5, 0.6) is 0 Å². The maximum absolute atomic E-state index is 3.46. The molecule has 0 saturated carbocycles. The second-order valence-electron chi connectivity index (χ2n) is 4.87. The highest BCUT2D eigenvalue weighted by Crippen LogP contribution is 2.22.